The van der Waals surface area contributed by atoms with Crippen LogP contribution in [0.15, 0.2) is 24.3 Å². The Labute approximate surface area is 190 Å². The number of benzene rings is 1. The van der Waals surface area contributed by atoms with Crippen LogP contribution < -0.4 is 15.0 Å². The summed E-state index contributed by atoms with van der Waals surface area (Å²) in [5, 5.41) is 3.25. The molecule has 9 nitrogen and oxygen atoms in total. The largest absolute Gasteiger partial charge is 0.479 e. The van der Waals surface area contributed by atoms with Crippen molar-refractivity contribution in [3.05, 3.63) is 34.8 Å². The summed E-state index contributed by atoms with van der Waals surface area (Å²) in [6, 6.07) is 7.14. The van der Waals surface area contributed by atoms with Gasteiger partial charge in [-0.2, -0.15) is 0 Å². The van der Waals surface area contributed by atoms with E-state index < -0.39 is 11.7 Å². The second kappa shape index (κ2) is 8.42. The Kier molecular flexibility index (Phi) is 5.81. The van der Waals surface area contributed by atoms with Gasteiger partial charge in [-0.3, -0.25) is 14.5 Å². The fourth-order valence-corrected chi connectivity index (χ4v) is 4.60. The van der Waals surface area contributed by atoms with Crippen molar-refractivity contribution in [2.24, 2.45) is 0 Å². The number of nitrogens with one attached hydrogen (secondary N) is 1. The molecule has 0 spiro atoms. The van der Waals surface area contributed by atoms with Crippen molar-refractivity contribution in [3.63, 3.8) is 0 Å². The molecule has 3 amide bonds. The molecule has 0 aliphatic carbocycles. The average Bonchev–Trinajstić information content (AvgIpc) is 3.11. The van der Waals surface area contributed by atoms with Crippen LogP contribution >= 0.6 is 11.3 Å². The SMILES string of the molecule is CC1Oc2ccccc2N(CC(=O)Nc2nc3c(s2)CN(C(=O)OC(C)(C)C)CC3)C1=O. The molecule has 32 heavy (non-hydrogen) atoms. The van der Waals surface area contributed by atoms with E-state index in [9.17, 15) is 14.4 Å². The fraction of sp³-hybridized carbons (Fsp3) is 0.455. The molecule has 0 bridgehead atoms. The van der Waals surface area contributed by atoms with Gasteiger partial charge in [-0.15, -0.1) is 0 Å². The topological polar surface area (TPSA) is 101 Å². The van der Waals surface area contributed by atoms with Gasteiger partial charge in [0, 0.05) is 17.8 Å². The Bertz CT molecular complexity index is 1060. The summed E-state index contributed by atoms with van der Waals surface area (Å²) >= 11 is 1.33. The first-order chi connectivity index (χ1) is 15.1. The van der Waals surface area contributed by atoms with E-state index >= 15 is 0 Å². The number of para-hydroxylation sites is 2. The summed E-state index contributed by atoms with van der Waals surface area (Å²) in [6.07, 6.45) is -0.433. The molecule has 0 saturated heterocycles. The second-order valence-electron chi connectivity index (χ2n) is 8.74. The van der Waals surface area contributed by atoms with E-state index in [0.717, 1.165) is 10.6 Å². The number of rotatable bonds is 3. The molecule has 1 N–H and O–H groups in total. The molecule has 2 aromatic rings. The number of thiazole rings is 1. The Morgan fingerprint density at radius 3 is 2.81 bits per heavy atom. The lowest BCUT2D eigenvalue weighted by Crippen LogP contribution is -2.47. The highest BCUT2D eigenvalue weighted by Crippen LogP contribution is 2.34. The molecule has 170 valence electrons. The summed E-state index contributed by atoms with van der Waals surface area (Å²) in [7, 11) is 0. The first-order valence-corrected chi connectivity index (χ1v) is 11.3. The van der Waals surface area contributed by atoms with Crippen LogP contribution in [0.4, 0.5) is 15.6 Å². The molecule has 0 saturated carbocycles. The summed E-state index contributed by atoms with van der Waals surface area (Å²) < 4.78 is 11.1. The highest BCUT2D eigenvalue weighted by atomic mass is 32.1. The van der Waals surface area contributed by atoms with Crippen LogP contribution in [0.3, 0.4) is 0 Å². The quantitative estimate of drug-likeness (QED) is 0.758. The number of amides is 3. The fourth-order valence-electron chi connectivity index (χ4n) is 3.56. The molecule has 10 heteroatoms. The monoisotopic (exact) mass is 458 g/mol. The van der Waals surface area contributed by atoms with Crippen molar-refractivity contribution >= 4 is 40.1 Å². The first kappa shape index (κ1) is 22.1. The van der Waals surface area contributed by atoms with Crippen LogP contribution in [-0.2, 0) is 27.3 Å². The lowest BCUT2D eigenvalue weighted by Gasteiger charge is -2.32. The number of carbonyl (C=O) groups is 3. The number of carbonyl (C=O) groups excluding carboxylic acids is 3. The van der Waals surface area contributed by atoms with Crippen molar-refractivity contribution in [2.75, 3.05) is 23.3 Å². The highest BCUT2D eigenvalue weighted by molar-refractivity contribution is 7.15. The third-order valence-electron chi connectivity index (χ3n) is 5.00. The zero-order chi connectivity index (χ0) is 23.0. The predicted molar refractivity (Wildman–Crippen MR) is 120 cm³/mol. The van der Waals surface area contributed by atoms with E-state index in [2.05, 4.69) is 10.3 Å². The minimum atomic E-state index is -0.663. The number of ether oxygens (including phenoxy) is 2. The molecular weight excluding hydrogens is 432 g/mol. The lowest BCUT2D eigenvalue weighted by molar-refractivity contribution is -0.127. The van der Waals surface area contributed by atoms with Gasteiger partial charge in [0.1, 0.15) is 17.9 Å². The maximum atomic E-state index is 12.7. The van der Waals surface area contributed by atoms with Crippen LogP contribution in [-0.4, -0.2) is 52.6 Å². The maximum absolute atomic E-state index is 12.7. The molecule has 1 atom stereocenters. The molecular formula is C22H26N4O5S. The minimum absolute atomic E-state index is 0.141. The van der Waals surface area contributed by atoms with Crippen LogP contribution in [0.25, 0.3) is 0 Å². The third-order valence-corrected chi connectivity index (χ3v) is 6.00. The number of hydrogen-bond donors (Lipinski definition) is 1. The molecule has 1 aromatic carbocycles. The van der Waals surface area contributed by atoms with Gasteiger partial charge < -0.3 is 19.7 Å². The van der Waals surface area contributed by atoms with Crippen LogP contribution in [0, 0.1) is 0 Å². The normalized spacial score (nSPS) is 17.9. The van der Waals surface area contributed by atoms with Gasteiger partial charge in [-0.05, 0) is 39.8 Å². The summed E-state index contributed by atoms with van der Waals surface area (Å²) in [5.74, 6) is -0.0537. The van der Waals surface area contributed by atoms with Crippen LogP contribution in [0.2, 0.25) is 0 Å². The van der Waals surface area contributed by atoms with Crippen molar-refractivity contribution in [3.8, 4) is 5.75 Å². The van der Waals surface area contributed by atoms with Crippen molar-refractivity contribution in [2.45, 2.75) is 52.4 Å². The summed E-state index contributed by atoms with van der Waals surface area (Å²) in [6.45, 7) is 7.92. The number of fused-ring (bicyclic) bond motifs is 2. The Hall–Kier alpha value is -3.14. The van der Waals surface area contributed by atoms with E-state index in [1.807, 2.05) is 26.8 Å². The Balaban J connectivity index is 1.42. The molecule has 1 unspecified atom stereocenters. The van der Waals surface area contributed by atoms with E-state index in [4.69, 9.17) is 9.47 Å². The number of nitrogens with zero attached hydrogens (tertiary/aromatic N) is 3. The number of hydrogen-bond acceptors (Lipinski definition) is 7. The molecule has 0 radical (unpaired) electrons. The molecule has 1 aromatic heterocycles. The first-order valence-electron chi connectivity index (χ1n) is 10.4. The predicted octanol–water partition coefficient (Wildman–Crippen LogP) is 3.19. The summed E-state index contributed by atoms with van der Waals surface area (Å²) in [4.78, 5) is 46.2. The van der Waals surface area contributed by atoms with Gasteiger partial charge in [0.25, 0.3) is 5.91 Å². The standard InChI is InChI=1S/C22H26N4O5S/c1-13-19(28)26(15-7-5-6-8-16(15)30-13)12-18(27)24-20-23-14-9-10-25(11-17(14)32-20)21(29)31-22(2,3)4/h5-8,13H,9-12H2,1-4H3,(H,23,24,27). The van der Waals surface area contributed by atoms with Crippen molar-refractivity contribution < 1.29 is 23.9 Å². The van der Waals surface area contributed by atoms with Gasteiger partial charge >= 0.3 is 6.09 Å². The number of anilines is 2. The maximum Gasteiger partial charge on any atom is 0.410 e. The lowest BCUT2D eigenvalue weighted by atomic mass is 10.2. The van der Waals surface area contributed by atoms with E-state index in [1.54, 1.807) is 30.0 Å². The molecule has 3 heterocycles. The molecule has 4 rings (SSSR count). The highest BCUT2D eigenvalue weighted by Gasteiger charge is 2.33. The van der Waals surface area contributed by atoms with Crippen LogP contribution in [0.5, 0.6) is 5.75 Å². The Morgan fingerprint density at radius 1 is 1.31 bits per heavy atom. The third kappa shape index (κ3) is 4.69. The Morgan fingerprint density at radius 2 is 2.06 bits per heavy atom. The van der Waals surface area contributed by atoms with Gasteiger partial charge in [-0.1, -0.05) is 23.5 Å². The van der Waals surface area contributed by atoms with Gasteiger partial charge in [0.2, 0.25) is 5.91 Å². The van der Waals surface area contributed by atoms with Crippen molar-refractivity contribution in [1.29, 1.82) is 0 Å². The van der Waals surface area contributed by atoms with E-state index in [-0.39, 0.29) is 24.5 Å². The van der Waals surface area contributed by atoms with Gasteiger partial charge in [0.15, 0.2) is 11.2 Å². The zero-order valence-corrected chi connectivity index (χ0v) is 19.3. The molecule has 0 fully saturated rings. The van der Waals surface area contributed by atoms with Gasteiger partial charge in [0.05, 0.1) is 17.9 Å². The summed E-state index contributed by atoms with van der Waals surface area (Å²) in [5.41, 5.74) is 0.876. The van der Waals surface area contributed by atoms with E-state index in [1.165, 1.54) is 16.2 Å². The minimum Gasteiger partial charge on any atom is -0.479 e. The van der Waals surface area contributed by atoms with Crippen molar-refractivity contribution in [1.82, 2.24) is 9.88 Å². The van der Waals surface area contributed by atoms with Crippen LogP contribution in [0.1, 0.15) is 38.3 Å². The van der Waals surface area contributed by atoms with E-state index in [0.29, 0.717) is 36.1 Å². The smallest absolute Gasteiger partial charge is 0.410 e. The van der Waals surface area contributed by atoms with Gasteiger partial charge in [-0.25, -0.2) is 9.78 Å². The number of aromatic nitrogens is 1. The zero-order valence-electron chi connectivity index (χ0n) is 18.5. The second-order valence-corrected chi connectivity index (χ2v) is 9.82. The molecule has 2 aliphatic rings. The average molecular weight is 459 g/mol. The molecule has 2 aliphatic heterocycles.